The average molecular weight is 1670 g/mol. The van der Waals surface area contributed by atoms with Crippen molar-refractivity contribution in [3.05, 3.63) is 23.9 Å². The maximum atomic E-state index is 16.0. The van der Waals surface area contributed by atoms with E-state index in [9.17, 15) is 4.79 Å². The normalized spacial score (nSPS) is 23.3. The van der Waals surface area contributed by atoms with E-state index in [-0.39, 0.29) is 69.7 Å². The molecule has 19 nitrogen and oxygen atoms in total. The summed E-state index contributed by atoms with van der Waals surface area (Å²) in [5, 5.41) is 2.90. The van der Waals surface area contributed by atoms with Gasteiger partial charge in [0.05, 0.1) is 62.5 Å². The number of phosphoric acid groups is 1. The van der Waals surface area contributed by atoms with Crippen LogP contribution < -0.4 is 5.32 Å². The number of methoxy groups -OCH3 is 2. The highest BCUT2D eigenvalue weighted by Crippen LogP contribution is 2.63. The van der Waals surface area contributed by atoms with Gasteiger partial charge < -0.3 is 60.5 Å². The molecule has 2 aliphatic heterocycles. The molecule has 1 aromatic heterocycles. The second kappa shape index (κ2) is 40.7. The van der Waals surface area contributed by atoms with E-state index in [0.717, 1.165) is 42.6 Å². The number of aldehydes is 1. The third-order valence-electron chi connectivity index (χ3n) is 26.1. The number of carbonyl (C=O) groups is 2. The fraction of sp³-hybridized carbons (Fsp3) is 0.914. The van der Waals surface area contributed by atoms with E-state index < -0.39 is 132 Å². The Bertz CT molecular complexity index is 2920. The lowest BCUT2D eigenvalue weighted by Gasteiger charge is -2.53. The molecule has 3 rings (SSSR count). The first kappa shape index (κ1) is 102. The van der Waals surface area contributed by atoms with Crippen molar-refractivity contribution in [3.8, 4) is 0 Å². The van der Waals surface area contributed by atoms with Crippen molar-refractivity contribution < 1.29 is 73.2 Å². The molecule has 27 heteroatoms. The molecule has 1 spiro atoms. The molecule has 2 fully saturated rings. The van der Waals surface area contributed by atoms with Crippen molar-refractivity contribution in [2.24, 2.45) is 23.2 Å². The van der Waals surface area contributed by atoms with Gasteiger partial charge in [-0.15, -0.1) is 0 Å². The molecule has 0 radical (unpaired) electrons. The summed E-state index contributed by atoms with van der Waals surface area (Å²) in [5.41, 5.74) is 0.183. The maximum absolute atomic E-state index is 16.0. The minimum atomic E-state index is -4.37. The summed E-state index contributed by atoms with van der Waals surface area (Å²) in [6.07, 6.45) is 2.63. The molecule has 2 saturated heterocycles. The van der Waals surface area contributed by atoms with Crippen LogP contribution in [0.2, 0.25) is 141 Å². The summed E-state index contributed by atoms with van der Waals surface area (Å²) in [6.45, 7) is 79.2. The Balaban J connectivity index is 2.31. The van der Waals surface area contributed by atoms with E-state index in [1.807, 2.05) is 27.1 Å². The number of ether oxygens (including phenoxy) is 4. The van der Waals surface area contributed by atoms with Gasteiger partial charge in [0.15, 0.2) is 59.4 Å². The number of amides is 1. The summed E-state index contributed by atoms with van der Waals surface area (Å²) in [5.74, 6) is -2.03. The molecule has 108 heavy (non-hydrogen) atoms. The Labute approximate surface area is 668 Å². The molecular weight excluding hydrogens is 1500 g/mol. The summed E-state index contributed by atoms with van der Waals surface area (Å²) >= 11 is 0. The standard InChI is InChI=1S/C81H166N3O16PSi7/c1-40-107(41-2,58(5)6)99-71(65(57-88-26)84(24)25)73(100-108(42-3,43-4)59(7)8)75(86)82-48-47-60(9)76-83-64(56-90-76)45-44-46-66-62(11)69(97-105(36,37)78(16,17)18)54-81(93-66)80(22,23)74(95-101(87,91-49-51-102(28,29)30)92-50-52-103(31,32)33)72(94-81)68(89-27)53-67(96-104(34,35)77(13,14)15)63(12)70(61(10)55-85)98-106(38,39)79(19,20)21/h44-45,55-56,58-63,65-74H,40-43,46-54,57H2,1-39H3,(H,82,86)/b45-44+/t60-,61+,62+,63-,65-,66-,67-,68-,69+,70+,71-,72+,73-,74-,81+/m1/s1. The van der Waals surface area contributed by atoms with Crippen LogP contribution in [0.3, 0.4) is 0 Å². The zero-order valence-electron chi connectivity index (χ0n) is 76.3. The van der Waals surface area contributed by atoms with E-state index in [1.165, 1.54) is 0 Å². The van der Waals surface area contributed by atoms with Crippen LogP contribution >= 0.6 is 7.82 Å². The van der Waals surface area contributed by atoms with E-state index in [4.69, 9.17) is 64.0 Å². The largest absolute Gasteiger partial charge is 0.475 e. The van der Waals surface area contributed by atoms with Gasteiger partial charge in [0.2, 0.25) is 0 Å². The third kappa shape index (κ3) is 26.9. The van der Waals surface area contributed by atoms with Crippen LogP contribution in [0.5, 0.6) is 0 Å². The number of aromatic nitrogens is 1. The first-order chi connectivity index (χ1) is 49.2. The number of hydrogen-bond donors (Lipinski definition) is 1. The van der Waals surface area contributed by atoms with Crippen molar-refractivity contribution in [3.63, 3.8) is 0 Å². The van der Waals surface area contributed by atoms with Crippen LogP contribution in [0, 0.1) is 23.2 Å². The number of carbonyl (C=O) groups excluding carboxylic acids is 2. The minimum Gasteiger partial charge on any atom is -0.448 e. The molecular formula is C81H166N3O16PSi7. The molecule has 0 saturated carbocycles. The van der Waals surface area contributed by atoms with Crippen LogP contribution in [0.25, 0.3) is 6.08 Å². The Hall–Kier alpha value is -0.682. The molecule has 0 aliphatic carbocycles. The summed E-state index contributed by atoms with van der Waals surface area (Å²) in [6, 6.07) is 4.86. The molecule has 0 bridgehead atoms. The number of rotatable bonds is 47. The monoisotopic (exact) mass is 1660 g/mol. The number of nitrogens with zero attached hydrogens (tertiary/aromatic N) is 2. The predicted octanol–water partition coefficient (Wildman–Crippen LogP) is 21.6. The minimum absolute atomic E-state index is 0.123. The van der Waals surface area contributed by atoms with Crippen LogP contribution in [0.1, 0.15) is 202 Å². The molecule has 0 aromatic carbocycles. The van der Waals surface area contributed by atoms with Gasteiger partial charge in [0.25, 0.3) is 5.91 Å². The fourth-order valence-electron chi connectivity index (χ4n) is 14.4. The number of likely N-dealkylation sites (N-methyl/N-ethyl adjacent to an activating group) is 1. The Kier molecular flexibility index (Phi) is 38.2. The van der Waals surface area contributed by atoms with Gasteiger partial charge in [0, 0.05) is 78.8 Å². The number of hydrogen-bond acceptors (Lipinski definition) is 18. The van der Waals surface area contributed by atoms with E-state index in [0.29, 0.717) is 56.0 Å². The highest BCUT2D eigenvalue weighted by atomic mass is 31.2. The summed E-state index contributed by atoms with van der Waals surface area (Å²) in [4.78, 5) is 35.5. The highest BCUT2D eigenvalue weighted by molar-refractivity contribution is 7.48. The molecule has 1 amide bonds. The quantitative estimate of drug-likeness (QED) is 0.0366. The Morgan fingerprint density at radius 2 is 1.22 bits per heavy atom. The van der Waals surface area contributed by atoms with Gasteiger partial charge in [-0.3, -0.25) is 18.4 Å². The fourth-order valence-corrected chi connectivity index (χ4v) is 29.0. The summed E-state index contributed by atoms with van der Waals surface area (Å²) in [7, 11) is -12.7. The molecule has 1 aromatic rings. The lowest BCUT2D eigenvalue weighted by molar-refractivity contribution is -0.333. The molecule has 0 unspecified atom stereocenters. The van der Waals surface area contributed by atoms with Crippen LogP contribution in [-0.4, -0.2) is 201 Å². The lowest BCUT2D eigenvalue weighted by atomic mass is 9.72. The van der Waals surface area contributed by atoms with Gasteiger partial charge >= 0.3 is 7.82 Å². The van der Waals surface area contributed by atoms with Gasteiger partial charge in [-0.1, -0.05) is 205 Å². The number of phosphoric ester groups is 1. The zero-order chi connectivity index (χ0) is 83.4. The van der Waals surface area contributed by atoms with Gasteiger partial charge in [-0.25, -0.2) is 9.55 Å². The van der Waals surface area contributed by atoms with E-state index in [2.05, 4.69) is 247 Å². The topological polar surface area (TPSA) is 203 Å². The maximum Gasteiger partial charge on any atom is 0.475 e. The Morgan fingerprint density at radius 1 is 0.722 bits per heavy atom. The van der Waals surface area contributed by atoms with E-state index >= 15 is 9.36 Å². The average Bonchev–Trinajstić information content (AvgIpc) is 1.54. The second-order valence-electron chi connectivity index (χ2n) is 40.8. The first-order valence-electron chi connectivity index (χ1n) is 41.5. The lowest BCUT2D eigenvalue weighted by Crippen LogP contribution is -2.62. The Morgan fingerprint density at radius 3 is 1.67 bits per heavy atom. The number of nitrogens with one attached hydrogen (secondary N) is 1. The molecule has 3 heterocycles. The summed E-state index contributed by atoms with van der Waals surface area (Å²) < 4.78 is 109. The van der Waals surface area contributed by atoms with E-state index in [1.54, 1.807) is 20.5 Å². The number of oxazole rings is 1. The SMILES string of the molecule is CC[Si](CC)(O[C@H]([C@@H](COC)N(C)C)[C@@H](O[Si](CC)(CC)C(C)C)C(=O)NCC[C@@H](C)c1nc(/C=C/C[C@H]2O[C@@]3(C[C@H](O[Si](C)(C)C(C)(C)C)[C@H]2C)O[C@@H]([C@@H](C[C@@H](O[Si](C)(C)C(C)(C)C)[C@@H](C)[C@@H](O[Si](C)(C)C(C)(C)C)[C@@H](C)C=O)OC)[C@@H](OP(=O)(OCC[Si](C)(C)C)OCC[Si](C)(C)C)C3(C)C)co1)C(C)C. The molecule has 1 N–H and O–H groups in total. The van der Waals surface area contributed by atoms with Gasteiger partial charge in [-0.2, -0.15) is 0 Å². The third-order valence-corrected chi connectivity index (χ3v) is 55.0. The van der Waals surface area contributed by atoms with Gasteiger partial charge in [0.1, 0.15) is 30.5 Å². The highest BCUT2D eigenvalue weighted by Gasteiger charge is 2.69. The van der Waals surface area contributed by atoms with Gasteiger partial charge in [-0.05, 0) is 135 Å². The van der Waals surface area contributed by atoms with Crippen LogP contribution in [0.4, 0.5) is 0 Å². The van der Waals surface area contributed by atoms with Crippen molar-refractivity contribution in [2.75, 3.05) is 54.7 Å². The van der Waals surface area contributed by atoms with Crippen LogP contribution in [0.15, 0.2) is 16.8 Å². The molecule has 15 atom stereocenters. The molecule has 2 aliphatic rings. The first-order valence-corrected chi connectivity index (χ1v) is 63.9. The predicted molar refractivity (Wildman–Crippen MR) is 466 cm³/mol. The van der Waals surface area contributed by atoms with Crippen molar-refractivity contribution >= 4 is 83.8 Å². The van der Waals surface area contributed by atoms with Crippen molar-refractivity contribution in [1.82, 2.24) is 15.2 Å². The van der Waals surface area contributed by atoms with Crippen molar-refractivity contribution in [1.29, 1.82) is 0 Å². The van der Waals surface area contributed by atoms with Crippen molar-refractivity contribution in [2.45, 2.75) is 399 Å². The zero-order valence-corrected chi connectivity index (χ0v) is 84.2. The second-order valence-corrected chi connectivity index (χ2v) is 77.8. The smallest absolute Gasteiger partial charge is 0.448 e. The van der Waals surface area contributed by atoms with Crippen LogP contribution in [-0.2, 0) is 68.8 Å². The molecule has 634 valence electrons.